The molecule has 0 bridgehead atoms. The van der Waals surface area contributed by atoms with Crippen molar-refractivity contribution >= 4 is 0 Å². The molecule has 1 N–H and O–H groups in total. The molecular formula is C14H16N4O3. The Morgan fingerprint density at radius 1 is 1.14 bits per heavy atom. The van der Waals surface area contributed by atoms with Crippen molar-refractivity contribution in [3.8, 4) is 23.0 Å². The van der Waals surface area contributed by atoms with Gasteiger partial charge in [0, 0.05) is 31.7 Å². The fourth-order valence-electron chi connectivity index (χ4n) is 2.53. The van der Waals surface area contributed by atoms with Gasteiger partial charge >= 0.3 is 0 Å². The summed E-state index contributed by atoms with van der Waals surface area (Å²) in [6, 6.07) is 5.62. The maximum Gasteiger partial charge on any atom is 0.258 e. The number of hydrogen-bond donors (Lipinski definition) is 1. The van der Waals surface area contributed by atoms with E-state index in [4.69, 9.17) is 14.0 Å². The topological polar surface area (TPSA) is 72.7 Å². The molecule has 1 aromatic carbocycles. The molecule has 7 nitrogen and oxygen atoms in total. The smallest absolute Gasteiger partial charge is 0.258 e. The van der Waals surface area contributed by atoms with E-state index in [1.54, 1.807) is 0 Å². The summed E-state index contributed by atoms with van der Waals surface area (Å²) in [7, 11) is 0. The van der Waals surface area contributed by atoms with Crippen molar-refractivity contribution in [1.29, 1.82) is 0 Å². The highest BCUT2D eigenvalue weighted by atomic mass is 16.7. The molecule has 0 aliphatic carbocycles. The van der Waals surface area contributed by atoms with Gasteiger partial charge in [-0.1, -0.05) is 5.16 Å². The van der Waals surface area contributed by atoms with Crippen LogP contribution in [0.3, 0.4) is 0 Å². The normalized spacial score (nSPS) is 18.1. The second-order valence-electron chi connectivity index (χ2n) is 5.11. The van der Waals surface area contributed by atoms with Gasteiger partial charge in [0.25, 0.3) is 5.89 Å². The minimum absolute atomic E-state index is 0.261. The van der Waals surface area contributed by atoms with Gasteiger partial charge in [0.15, 0.2) is 17.3 Å². The molecule has 0 atom stereocenters. The van der Waals surface area contributed by atoms with Crippen LogP contribution in [0.5, 0.6) is 11.5 Å². The molecule has 0 radical (unpaired) electrons. The summed E-state index contributed by atoms with van der Waals surface area (Å²) < 4.78 is 16.0. The number of ether oxygens (including phenoxy) is 2. The average molecular weight is 288 g/mol. The highest BCUT2D eigenvalue weighted by Crippen LogP contribution is 2.35. The minimum atomic E-state index is 0.261. The predicted octanol–water partition coefficient (Wildman–Crippen LogP) is 0.870. The molecule has 2 aliphatic rings. The van der Waals surface area contributed by atoms with Crippen LogP contribution in [0, 0.1) is 0 Å². The van der Waals surface area contributed by atoms with Crippen molar-refractivity contribution in [2.45, 2.75) is 6.54 Å². The van der Waals surface area contributed by atoms with Crippen LogP contribution in [0.2, 0.25) is 0 Å². The molecule has 4 rings (SSSR count). The third-order valence-electron chi connectivity index (χ3n) is 3.66. The average Bonchev–Trinajstić information content (AvgIpc) is 3.16. The molecule has 110 valence electrons. The first kappa shape index (κ1) is 12.6. The van der Waals surface area contributed by atoms with Gasteiger partial charge in [-0.25, -0.2) is 0 Å². The third kappa shape index (κ3) is 2.57. The van der Waals surface area contributed by atoms with Crippen LogP contribution >= 0.6 is 0 Å². The van der Waals surface area contributed by atoms with E-state index in [9.17, 15) is 0 Å². The van der Waals surface area contributed by atoms with Gasteiger partial charge in [-0.15, -0.1) is 0 Å². The van der Waals surface area contributed by atoms with E-state index in [0.717, 1.165) is 44.0 Å². The second kappa shape index (κ2) is 5.34. The number of piperazine rings is 1. The lowest BCUT2D eigenvalue weighted by atomic mass is 10.2. The van der Waals surface area contributed by atoms with Crippen LogP contribution in [-0.4, -0.2) is 48.0 Å². The Bertz CT molecular complexity index is 637. The van der Waals surface area contributed by atoms with Crippen molar-refractivity contribution < 1.29 is 14.0 Å². The van der Waals surface area contributed by atoms with E-state index >= 15 is 0 Å². The molecule has 0 spiro atoms. The largest absolute Gasteiger partial charge is 0.454 e. The summed E-state index contributed by atoms with van der Waals surface area (Å²) >= 11 is 0. The van der Waals surface area contributed by atoms with Crippen LogP contribution in [0.4, 0.5) is 0 Å². The van der Waals surface area contributed by atoms with E-state index in [1.165, 1.54) is 0 Å². The number of fused-ring (bicyclic) bond motifs is 1. The molecule has 0 amide bonds. The van der Waals surface area contributed by atoms with Crippen LogP contribution in [0.1, 0.15) is 5.82 Å². The minimum Gasteiger partial charge on any atom is -0.454 e. The third-order valence-corrected chi connectivity index (χ3v) is 3.66. The number of rotatable bonds is 3. The Morgan fingerprint density at radius 3 is 2.90 bits per heavy atom. The van der Waals surface area contributed by atoms with Gasteiger partial charge in [0.05, 0.1) is 6.54 Å². The summed E-state index contributed by atoms with van der Waals surface area (Å²) in [5.74, 6) is 2.69. The molecule has 2 aromatic rings. The summed E-state index contributed by atoms with van der Waals surface area (Å²) in [4.78, 5) is 6.77. The zero-order valence-corrected chi connectivity index (χ0v) is 11.5. The Kier molecular flexibility index (Phi) is 3.21. The highest BCUT2D eigenvalue weighted by molar-refractivity contribution is 5.60. The lowest BCUT2D eigenvalue weighted by molar-refractivity contribution is 0.174. The first-order valence-corrected chi connectivity index (χ1v) is 7.04. The van der Waals surface area contributed by atoms with Crippen LogP contribution in [0.15, 0.2) is 22.7 Å². The predicted molar refractivity (Wildman–Crippen MR) is 74.0 cm³/mol. The summed E-state index contributed by atoms with van der Waals surface area (Å²) in [5.41, 5.74) is 0.846. The quantitative estimate of drug-likeness (QED) is 0.898. The zero-order valence-electron chi connectivity index (χ0n) is 11.5. The van der Waals surface area contributed by atoms with Crippen molar-refractivity contribution in [1.82, 2.24) is 20.4 Å². The Morgan fingerprint density at radius 2 is 2.00 bits per heavy atom. The molecule has 0 unspecified atom stereocenters. The molecule has 2 aliphatic heterocycles. The summed E-state index contributed by atoms with van der Waals surface area (Å²) in [6.07, 6.45) is 0. The fourth-order valence-corrected chi connectivity index (χ4v) is 2.53. The van der Waals surface area contributed by atoms with E-state index in [1.807, 2.05) is 18.2 Å². The molecule has 7 heteroatoms. The monoisotopic (exact) mass is 288 g/mol. The molecular weight excluding hydrogens is 272 g/mol. The van der Waals surface area contributed by atoms with E-state index in [2.05, 4.69) is 20.4 Å². The second-order valence-corrected chi connectivity index (χ2v) is 5.11. The molecule has 21 heavy (non-hydrogen) atoms. The fraction of sp³-hybridized carbons (Fsp3) is 0.429. The Hall–Kier alpha value is -2.12. The van der Waals surface area contributed by atoms with Crippen LogP contribution in [0.25, 0.3) is 11.5 Å². The van der Waals surface area contributed by atoms with E-state index in [0.29, 0.717) is 17.5 Å². The van der Waals surface area contributed by atoms with E-state index < -0.39 is 0 Å². The van der Waals surface area contributed by atoms with Crippen molar-refractivity contribution in [2.24, 2.45) is 0 Å². The SMILES string of the molecule is c1cc2c(cc1-c1nc(CN3CCNCC3)no1)OCO2. The maximum absolute atomic E-state index is 5.36. The highest BCUT2D eigenvalue weighted by Gasteiger charge is 2.18. The molecule has 0 saturated carbocycles. The molecule has 3 heterocycles. The van der Waals surface area contributed by atoms with Gasteiger partial charge in [-0.2, -0.15) is 4.98 Å². The Labute approximate surface area is 121 Å². The lowest BCUT2D eigenvalue weighted by Gasteiger charge is -2.25. The van der Waals surface area contributed by atoms with Crippen molar-refractivity contribution in [3.05, 3.63) is 24.0 Å². The number of nitrogens with one attached hydrogen (secondary N) is 1. The van der Waals surface area contributed by atoms with Crippen molar-refractivity contribution in [2.75, 3.05) is 33.0 Å². The summed E-state index contributed by atoms with van der Waals surface area (Å²) in [5, 5.41) is 7.38. The standard InChI is InChI=1S/C14H16N4O3/c1-2-11-12(20-9-19-11)7-10(1)14-16-13(17-21-14)8-18-5-3-15-4-6-18/h1-2,7,15H,3-6,8-9H2. The van der Waals surface area contributed by atoms with Gasteiger partial charge in [0.1, 0.15) is 0 Å². The van der Waals surface area contributed by atoms with Gasteiger partial charge in [-0.3, -0.25) is 4.90 Å². The molecule has 1 saturated heterocycles. The first-order chi connectivity index (χ1) is 10.4. The lowest BCUT2D eigenvalue weighted by Crippen LogP contribution is -2.43. The zero-order chi connectivity index (χ0) is 14.1. The number of hydrogen-bond acceptors (Lipinski definition) is 7. The van der Waals surface area contributed by atoms with Crippen molar-refractivity contribution in [3.63, 3.8) is 0 Å². The van der Waals surface area contributed by atoms with Crippen LogP contribution in [-0.2, 0) is 6.54 Å². The van der Waals surface area contributed by atoms with Gasteiger partial charge in [0.2, 0.25) is 6.79 Å². The van der Waals surface area contributed by atoms with E-state index in [-0.39, 0.29) is 6.79 Å². The number of nitrogens with zero attached hydrogens (tertiary/aromatic N) is 3. The van der Waals surface area contributed by atoms with Gasteiger partial charge < -0.3 is 19.3 Å². The number of benzene rings is 1. The van der Waals surface area contributed by atoms with Gasteiger partial charge in [-0.05, 0) is 18.2 Å². The van der Waals surface area contributed by atoms with Crippen LogP contribution < -0.4 is 14.8 Å². The summed E-state index contributed by atoms with van der Waals surface area (Å²) in [6.45, 7) is 5.01. The Balaban J connectivity index is 1.51. The first-order valence-electron chi connectivity index (χ1n) is 7.04. The molecule has 1 aromatic heterocycles. The maximum atomic E-state index is 5.36. The number of aromatic nitrogens is 2. The molecule has 1 fully saturated rings.